The van der Waals surface area contributed by atoms with Crippen molar-refractivity contribution in [2.24, 2.45) is 5.73 Å². The predicted molar refractivity (Wildman–Crippen MR) is 70.1 cm³/mol. The summed E-state index contributed by atoms with van der Waals surface area (Å²) in [5.74, 6) is 0.0289. The van der Waals surface area contributed by atoms with Crippen LogP contribution in [-0.2, 0) is 15.6 Å². The molecule has 3 nitrogen and oxygen atoms in total. The molecule has 0 aliphatic heterocycles. The molecule has 0 saturated carbocycles. The van der Waals surface area contributed by atoms with Gasteiger partial charge in [0.2, 0.25) is 0 Å². The van der Waals surface area contributed by atoms with Crippen LogP contribution in [0.4, 0.5) is 0 Å². The first kappa shape index (κ1) is 13.1. The van der Waals surface area contributed by atoms with Gasteiger partial charge in [0.1, 0.15) is 4.99 Å². The first-order valence-corrected chi connectivity index (χ1v) is 7.05. The quantitative estimate of drug-likeness (QED) is 0.833. The molecule has 1 aromatic rings. The summed E-state index contributed by atoms with van der Waals surface area (Å²) in [7, 11) is -3.08. The third kappa shape index (κ3) is 3.28. The smallest absolute Gasteiger partial charge is 0.156 e. The Balaban J connectivity index is 2.99. The average molecular weight is 257 g/mol. The van der Waals surface area contributed by atoms with Gasteiger partial charge in [0.25, 0.3) is 0 Å². The highest BCUT2D eigenvalue weighted by Gasteiger charge is 2.16. The van der Waals surface area contributed by atoms with Gasteiger partial charge in [-0.25, -0.2) is 8.42 Å². The minimum Gasteiger partial charge on any atom is -0.389 e. The largest absolute Gasteiger partial charge is 0.389 e. The van der Waals surface area contributed by atoms with E-state index in [0.717, 1.165) is 5.56 Å². The van der Waals surface area contributed by atoms with E-state index in [1.54, 1.807) is 38.1 Å². The SMILES string of the molecule is CC(C)S(=O)(=O)Cc1cccc(C(N)=S)c1. The number of nitrogens with two attached hydrogens (primary N) is 1. The fraction of sp³-hybridized carbons (Fsp3) is 0.364. The Hall–Kier alpha value is -0.940. The molecule has 0 atom stereocenters. The second kappa shape index (κ2) is 4.93. The third-order valence-electron chi connectivity index (χ3n) is 2.30. The van der Waals surface area contributed by atoms with Gasteiger partial charge in [0.15, 0.2) is 9.84 Å². The number of thiocarbonyl (C=S) groups is 1. The monoisotopic (exact) mass is 257 g/mol. The molecule has 0 bridgehead atoms. The van der Waals surface area contributed by atoms with Crippen LogP contribution in [-0.4, -0.2) is 18.7 Å². The maximum absolute atomic E-state index is 11.7. The van der Waals surface area contributed by atoms with Crippen LogP contribution in [0.1, 0.15) is 25.0 Å². The Morgan fingerprint density at radius 3 is 2.56 bits per heavy atom. The average Bonchev–Trinajstić information content (AvgIpc) is 2.17. The lowest BCUT2D eigenvalue weighted by Crippen LogP contribution is -2.16. The third-order valence-corrected chi connectivity index (χ3v) is 4.71. The van der Waals surface area contributed by atoms with Crippen LogP contribution in [0.5, 0.6) is 0 Å². The molecule has 0 aromatic heterocycles. The first-order chi connectivity index (χ1) is 7.33. The number of hydrogen-bond donors (Lipinski definition) is 1. The molecule has 0 spiro atoms. The Morgan fingerprint density at radius 1 is 1.44 bits per heavy atom. The van der Waals surface area contributed by atoms with Crippen molar-refractivity contribution in [2.75, 3.05) is 0 Å². The highest BCUT2D eigenvalue weighted by Crippen LogP contribution is 2.12. The van der Waals surface area contributed by atoms with Gasteiger partial charge in [-0.15, -0.1) is 0 Å². The van der Waals surface area contributed by atoms with Crippen molar-refractivity contribution in [3.8, 4) is 0 Å². The number of rotatable bonds is 4. The van der Waals surface area contributed by atoms with E-state index in [9.17, 15) is 8.42 Å². The Bertz CT molecular complexity index is 492. The fourth-order valence-corrected chi connectivity index (χ4v) is 2.32. The predicted octanol–water partition coefficient (Wildman–Crippen LogP) is 1.64. The summed E-state index contributed by atoms with van der Waals surface area (Å²) in [5.41, 5.74) is 6.91. The summed E-state index contributed by atoms with van der Waals surface area (Å²) in [6.07, 6.45) is 0. The van der Waals surface area contributed by atoms with Crippen molar-refractivity contribution in [2.45, 2.75) is 24.9 Å². The summed E-state index contributed by atoms with van der Waals surface area (Å²) in [6, 6.07) is 7.03. The van der Waals surface area contributed by atoms with Crippen LogP contribution in [0.15, 0.2) is 24.3 Å². The van der Waals surface area contributed by atoms with Crippen LogP contribution in [0.2, 0.25) is 0 Å². The maximum atomic E-state index is 11.7. The van der Waals surface area contributed by atoms with E-state index in [4.69, 9.17) is 18.0 Å². The lowest BCUT2D eigenvalue weighted by Gasteiger charge is -2.08. The van der Waals surface area contributed by atoms with Crippen LogP contribution in [0.3, 0.4) is 0 Å². The van der Waals surface area contributed by atoms with E-state index in [-0.39, 0.29) is 16.0 Å². The standard InChI is InChI=1S/C11H15NO2S2/c1-8(2)16(13,14)7-9-4-3-5-10(6-9)11(12)15/h3-6,8H,7H2,1-2H3,(H2,12,15). The molecule has 5 heteroatoms. The topological polar surface area (TPSA) is 60.2 Å². The molecule has 1 rings (SSSR count). The minimum atomic E-state index is -3.08. The highest BCUT2D eigenvalue weighted by atomic mass is 32.2. The summed E-state index contributed by atoms with van der Waals surface area (Å²) in [6.45, 7) is 3.35. The molecule has 0 amide bonds. The summed E-state index contributed by atoms with van der Waals surface area (Å²) in [4.78, 5) is 0.281. The van der Waals surface area contributed by atoms with Crippen molar-refractivity contribution in [1.29, 1.82) is 0 Å². The molecule has 2 N–H and O–H groups in total. The van der Waals surface area contributed by atoms with Crippen molar-refractivity contribution >= 4 is 27.0 Å². The second-order valence-corrected chi connectivity index (χ2v) is 6.92. The van der Waals surface area contributed by atoms with Crippen molar-refractivity contribution < 1.29 is 8.42 Å². The van der Waals surface area contributed by atoms with E-state index in [0.29, 0.717) is 5.56 Å². The second-order valence-electron chi connectivity index (χ2n) is 3.92. The maximum Gasteiger partial charge on any atom is 0.156 e. The van der Waals surface area contributed by atoms with Gasteiger partial charge < -0.3 is 5.73 Å². The van der Waals surface area contributed by atoms with E-state index < -0.39 is 9.84 Å². The molecule has 0 unspecified atom stereocenters. The van der Waals surface area contributed by atoms with E-state index in [2.05, 4.69) is 0 Å². The van der Waals surface area contributed by atoms with Gasteiger partial charge in [-0.1, -0.05) is 30.4 Å². The Morgan fingerprint density at radius 2 is 2.06 bits per heavy atom. The van der Waals surface area contributed by atoms with Gasteiger partial charge in [0.05, 0.1) is 11.0 Å². The fourth-order valence-electron chi connectivity index (χ4n) is 1.21. The van der Waals surface area contributed by atoms with Crippen molar-refractivity contribution in [3.05, 3.63) is 35.4 Å². The molecule has 0 fully saturated rings. The first-order valence-electron chi connectivity index (χ1n) is 4.93. The molecule has 0 radical (unpaired) electrons. The number of benzene rings is 1. The van der Waals surface area contributed by atoms with Gasteiger partial charge in [-0.05, 0) is 25.5 Å². The molecule has 16 heavy (non-hydrogen) atoms. The van der Waals surface area contributed by atoms with Gasteiger partial charge in [-0.3, -0.25) is 0 Å². The molecule has 0 heterocycles. The van der Waals surface area contributed by atoms with Crippen LogP contribution < -0.4 is 5.73 Å². The normalized spacial score (nSPS) is 11.7. The van der Waals surface area contributed by atoms with Gasteiger partial charge >= 0.3 is 0 Å². The molecule has 0 aliphatic carbocycles. The highest BCUT2D eigenvalue weighted by molar-refractivity contribution is 7.91. The zero-order valence-electron chi connectivity index (χ0n) is 9.30. The molecule has 88 valence electrons. The van der Waals surface area contributed by atoms with Gasteiger partial charge in [0, 0.05) is 5.56 Å². The molecule has 0 aliphatic rings. The summed E-state index contributed by atoms with van der Waals surface area (Å²) >= 11 is 4.84. The molecule has 1 aromatic carbocycles. The number of hydrogen-bond acceptors (Lipinski definition) is 3. The Labute approximate surface area is 102 Å². The lowest BCUT2D eigenvalue weighted by atomic mass is 10.1. The van der Waals surface area contributed by atoms with Crippen molar-refractivity contribution in [1.82, 2.24) is 0 Å². The Kier molecular flexibility index (Phi) is 4.04. The van der Waals surface area contributed by atoms with Gasteiger partial charge in [-0.2, -0.15) is 0 Å². The zero-order valence-corrected chi connectivity index (χ0v) is 10.9. The summed E-state index contributed by atoms with van der Waals surface area (Å²) in [5, 5.41) is -0.374. The molecular formula is C11H15NO2S2. The van der Waals surface area contributed by atoms with E-state index in [1.165, 1.54) is 0 Å². The lowest BCUT2D eigenvalue weighted by molar-refractivity contribution is 0.586. The summed E-state index contributed by atoms with van der Waals surface area (Å²) < 4.78 is 23.4. The van der Waals surface area contributed by atoms with Crippen LogP contribution in [0.25, 0.3) is 0 Å². The van der Waals surface area contributed by atoms with Crippen LogP contribution >= 0.6 is 12.2 Å². The van der Waals surface area contributed by atoms with Crippen LogP contribution in [0, 0.1) is 0 Å². The van der Waals surface area contributed by atoms with E-state index >= 15 is 0 Å². The zero-order chi connectivity index (χ0) is 12.3. The minimum absolute atomic E-state index is 0.0289. The van der Waals surface area contributed by atoms with Crippen molar-refractivity contribution in [3.63, 3.8) is 0 Å². The number of sulfone groups is 1. The van der Waals surface area contributed by atoms with E-state index in [1.807, 2.05) is 0 Å². The molecular weight excluding hydrogens is 242 g/mol. The molecule has 0 saturated heterocycles.